The molecule has 6 nitrogen and oxygen atoms in total. The number of rotatable bonds is 6. The van der Waals surface area contributed by atoms with Crippen LogP contribution in [0.15, 0.2) is 42.7 Å². The number of H-pyrrole nitrogens is 1. The molecule has 4 aromatic rings. The third kappa shape index (κ3) is 3.00. The Balaban J connectivity index is 1.96. The lowest BCUT2D eigenvalue weighted by atomic mass is 9.96. The SMILES string of the molecule is COC(=O)c1c2cc[n+](CCNCC[NH3+])cc2c(C)c2c1[nH]c1ccccc12. The van der Waals surface area contributed by atoms with Crippen molar-refractivity contribution in [1.82, 2.24) is 10.3 Å². The summed E-state index contributed by atoms with van der Waals surface area (Å²) in [5.74, 6) is -0.323. The standard InChI is InChI=1S/C22H24N4O2/c1-14-17-13-26(12-10-24-9-8-23)11-7-15(17)20(22(27)28-2)21-19(14)16-5-3-4-6-18(16)25-21/h3-7,11,13,24H,8-10,12,23H2,1-2H3/p+2. The molecule has 0 atom stereocenters. The topological polar surface area (TPSA) is 85.6 Å². The molecule has 4 rings (SSSR count). The molecule has 2 aromatic heterocycles. The van der Waals surface area contributed by atoms with Gasteiger partial charge in [-0.2, -0.15) is 0 Å². The summed E-state index contributed by atoms with van der Waals surface area (Å²) in [6.45, 7) is 5.65. The van der Waals surface area contributed by atoms with E-state index in [-0.39, 0.29) is 5.97 Å². The first kappa shape index (κ1) is 18.4. The van der Waals surface area contributed by atoms with Crippen molar-refractivity contribution in [2.24, 2.45) is 0 Å². The predicted octanol–water partition coefficient (Wildman–Crippen LogP) is 1.69. The summed E-state index contributed by atoms with van der Waals surface area (Å²) in [6.07, 6.45) is 4.15. The van der Waals surface area contributed by atoms with Gasteiger partial charge in [-0.25, -0.2) is 9.36 Å². The molecule has 0 aliphatic heterocycles. The Morgan fingerprint density at radius 1 is 1.18 bits per heavy atom. The highest BCUT2D eigenvalue weighted by atomic mass is 16.5. The summed E-state index contributed by atoms with van der Waals surface area (Å²) >= 11 is 0. The number of aryl methyl sites for hydroxylation is 1. The molecular weight excluding hydrogens is 352 g/mol. The molecule has 5 N–H and O–H groups in total. The van der Waals surface area contributed by atoms with E-state index in [9.17, 15) is 4.79 Å². The number of carbonyl (C=O) groups is 1. The lowest BCUT2D eigenvalue weighted by Gasteiger charge is -2.10. The van der Waals surface area contributed by atoms with Gasteiger partial charge in [0, 0.05) is 34.3 Å². The molecular formula is C22H26N4O2+2. The number of pyridine rings is 1. The fraction of sp³-hybridized carbons (Fsp3) is 0.273. The lowest BCUT2D eigenvalue weighted by Crippen LogP contribution is -2.54. The number of nitrogens with one attached hydrogen (secondary N) is 2. The van der Waals surface area contributed by atoms with E-state index in [1.807, 2.05) is 30.5 Å². The van der Waals surface area contributed by atoms with E-state index in [1.165, 1.54) is 7.11 Å². The Labute approximate surface area is 163 Å². The van der Waals surface area contributed by atoms with Gasteiger partial charge in [0.1, 0.15) is 0 Å². The highest BCUT2D eigenvalue weighted by molar-refractivity contribution is 6.23. The van der Waals surface area contributed by atoms with E-state index in [0.29, 0.717) is 5.56 Å². The highest BCUT2D eigenvalue weighted by Gasteiger charge is 2.22. The van der Waals surface area contributed by atoms with E-state index in [4.69, 9.17) is 4.74 Å². The average Bonchev–Trinajstić information content (AvgIpc) is 3.10. The fourth-order valence-electron chi connectivity index (χ4n) is 3.95. The van der Waals surface area contributed by atoms with Crippen LogP contribution in [0.1, 0.15) is 15.9 Å². The largest absolute Gasteiger partial charge is 0.465 e. The van der Waals surface area contributed by atoms with Crippen molar-refractivity contribution < 1.29 is 19.8 Å². The number of benzene rings is 2. The number of nitrogens with zero attached hydrogens (tertiary/aromatic N) is 1. The van der Waals surface area contributed by atoms with Crippen molar-refractivity contribution in [1.29, 1.82) is 0 Å². The Hall–Kier alpha value is -2.96. The summed E-state index contributed by atoms with van der Waals surface area (Å²) in [4.78, 5) is 16.1. The normalized spacial score (nSPS) is 11.5. The van der Waals surface area contributed by atoms with Crippen molar-refractivity contribution >= 4 is 38.5 Å². The minimum atomic E-state index is -0.323. The summed E-state index contributed by atoms with van der Waals surface area (Å²) in [7, 11) is 1.43. The zero-order valence-corrected chi connectivity index (χ0v) is 16.3. The van der Waals surface area contributed by atoms with Gasteiger partial charge in [0.25, 0.3) is 0 Å². The molecule has 0 aliphatic rings. The molecule has 144 valence electrons. The van der Waals surface area contributed by atoms with Gasteiger partial charge in [-0.15, -0.1) is 0 Å². The van der Waals surface area contributed by atoms with Gasteiger partial charge >= 0.3 is 5.97 Å². The zero-order valence-electron chi connectivity index (χ0n) is 16.3. The monoisotopic (exact) mass is 378 g/mol. The zero-order chi connectivity index (χ0) is 19.7. The lowest BCUT2D eigenvalue weighted by molar-refractivity contribution is -0.693. The number of fused-ring (bicyclic) bond motifs is 4. The second-order valence-electron chi connectivity index (χ2n) is 7.03. The molecule has 0 saturated carbocycles. The van der Waals surface area contributed by atoms with Crippen LogP contribution < -0.4 is 15.6 Å². The Morgan fingerprint density at radius 2 is 2.00 bits per heavy atom. The van der Waals surface area contributed by atoms with E-state index >= 15 is 0 Å². The number of hydrogen-bond donors (Lipinski definition) is 3. The van der Waals surface area contributed by atoms with Crippen LogP contribution in [0.5, 0.6) is 0 Å². The van der Waals surface area contributed by atoms with Gasteiger partial charge in [-0.1, -0.05) is 18.2 Å². The second kappa shape index (κ2) is 7.58. The number of aromatic nitrogens is 2. The van der Waals surface area contributed by atoms with E-state index in [0.717, 1.165) is 64.3 Å². The predicted molar refractivity (Wildman–Crippen MR) is 110 cm³/mol. The van der Waals surface area contributed by atoms with E-state index < -0.39 is 0 Å². The Bertz CT molecular complexity index is 1180. The second-order valence-corrected chi connectivity index (χ2v) is 7.03. The maximum absolute atomic E-state index is 12.7. The van der Waals surface area contributed by atoms with E-state index in [1.54, 1.807) is 0 Å². The van der Waals surface area contributed by atoms with Gasteiger partial charge in [0.05, 0.1) is 36.7 Å². The minimum absolute atomic E-state index is 0.323. The van der Waals surface area contributed by atoms with Gasteiger partial charge in [-0.3, -0.25) is 0 Å². The number of methoxy groups -OCH3 is 1. The highest BCUT2D eigenvalue weighted by Crippen LogP contribution is 2.36. The molecule has 6 heteroatoms. The molecule has 28 heavy (non-hydrogen) atoms. The van der Waals surface area contributed by atoms with Crippen molar-refractivity contribution in [2.75, 3.05) is 26.7 Å². The van der Waals surface area contributed by atoms with Crippen LogP contribution in [-0.4, -0.2) is 37.7 Å². The van der Waals surface area contributed by atoms with Gasteiger partial charge in [0.15, 0.2) is 18.9 Å². The number of ether oxygens (including phenoxy) is 1. The van der Waals surface area contributed by atoms with Crippen LogP contribution in [0.3, 0.4) is 0 Å². The first-order valence-corrected chi connectivity index (χ1v) is 9.59. The maximum atomic E-state index is 12.7. The van der Waals surface area contributed by atoms with E-state index in [2.05, 4.69) is 39.8 Å². The molecule has 0 amide bonds. The van der Waals surface area contributed by atoms with Crippen molar-refractivity contribution in [2.45, 2.75) is 13.5 Å². The summed E-state index contributed by atoms with van der Waals surface area (Å²) in [5, 5.41) is 7.55. The Morgan fingerprint density at radius 3 is 2.79 bits per heavy atom. The van der Waals surface area contributed by atoms with Gasteiger partial charge < -0.3 is 20.8 Å². The third-order valence-corrected chi connectivity index (χ3v) is 5.31. The van der Waals surface area contributed by atoms with Crippen LogP contribution in [0.2, 0.25) is 0 Å². The van der Waals surface area contributed by atoms with Crippen molar-refractivity contribution in [3.8, 4) is 0 Å². The van der Waals surface area contributed by atoms with Crippen molar-refractivity contribution in [3.05, 3.63) is 53.9 Å². The van der Waals surface area contributed by atoms with Crippen LogP contribution in [0, 0.1) is 6.92 Å². The molecule has 0 saturated heterocycles. The molecule has 0 bridgehead atoms. The number of aromatic amines is 1. The smallest absolute Gasteiger partial charge is 0.340 e. The molecule has 2 aromatic carbocycles. The molecule has 0 unspecified atom stereocenters. The minimum Gasteiger partial charge on any atom is -0.465 e. The quantitative estimate of drug-likeness (QED) is 0.271. The molecule has 0 radical (unpaired) electrons. The van der Waals surface area contributed by atoms with Crippen LogP contribution in [0.25, 0.3) is 32.6 Å². The van der Waals surface area contributed by atoms with Gasteiger partial charge in [0.2, 0.25) is 0 Å². The maximum Gasteiger partial charge on any atom is 0.340 e. The summed E-state index contributed by atoms with van der Waals surface area (Å²) in [5.41, 5.74) is 7.47. The summed E-state index contributed by atoms with van der Waals surface area (Å²) in [6, 6.07) is 10.2. The number of para-hydroxylation sites is 1. The number of esters is 1. The fourth-order valence-corrected chi connectivity index (χ4v) is 3.95. The summed E-state index contributed by atoms with van der Waals surface area (Å²) < 4.78 is 7.29. The molecule has 0 spiro atoms. The third-order valence-electron chi connectivity index (χ3n) is 5.31. The van der Waals surface area contributed by atoms with Gasteiger partial charge in [-0.05, 0) is 18.6 Å². The van der Waals surface area contributed by atoms with Crippen LogP contribution in [0.4, 0.5) is 0 Å². The van der Waals surface area contributed by atoms with Crippen molar-refractivity contribution in [3.63, 3.8) is 0 Å². The average molecular weight is 378 g/mol. The molecule has 0 fully saturated rings. The number of hydrogen-bond acceptors (Lipinski definition) is 3. The first-order valence-electron chi connectivity index (χ1n) is 9.59. The molecule has 2 heterocycles. The number of carbonyl (C=O) groups excluding carboxylic acids is 1. The number of quaternary nitrogens is 1. The first-order chi connectivity index (χ1) is 13.7. The van der Waals surface area contributed by atoms with Crippen LogP contribution in [-0.2, 0) is 11.3 Å². The van der Waals surface area contributed by atoms with Crippen LogP contribution >= 0.6 is 0 Å². The Kier molecular flexibility index (Phi) is 4.98. The molecule has 0 aliphatic carbocycles.